The molecule has 2 unspecified atom stereocenters. The molecule has 2 N–H and O–H groups in total. The summed E-state index contributed by atoms with van der Waals surface area (Å²) in [6.07, 6.45) is -0.503. The molecule has 2 atom stereocenters. The van der Waals surface area contributed by atoms with Gasteiger partial charge in [0.2, 0.25) is 5.91 Å². The Bertz CT molecular complexity index is 766. The number of nitrogens with one attached hydrogen (secondary N) is 2. The van der Waals surface area contributed by atoms with E-state index in [1.165, 1.54) is 12.0 Å². The first-order chi connectivity index (χ1) is 13.6. The molecule has 1 aliphatic heterocycles. The van der Waals surface area contributed by atoms with Crippen LogP contribution in [0, 0.1) is 0 Å². The van der Waals surface area contributed by atoms with Crippen LogP contribution in [-0.2, 0) is 19.1 Å². The Morgan fingerprint density at radius 1 is 1.13 bits per heavy atom. The number of ether oxygens (including phenoxy) is 2. The summed E-state index contributed by atoms with van der Waals surface area (Å²) in [6.45, 7) is 4.93. The lowest BCUT2D eigenvalue weighted by Crippen LogP contribution is -2.47. The van der Waals surface area contributed by atoms with Crippen molar-refractivity contribution in [3.8, 4) is 0 Å². The predicted octanol–water partition coefficient (Wildman–Crippen LogP) is 1.51. The number of hydrogen-bond acceptors (Lipinski definition) is 6. The summed E-state index contributed by atoms with van der Waals surface area (Å²) in [5, 5.41) is 5.22. The van der Waals surface area contributed by atoms with Crippen LogP contribution in [-0.4, -0.2) is 66.7 Å². The van der Waals surface area contributed by atoms with E-state index in [9.17, 15) is 19.2 Å². The molecule has 2 rings (SSSR count). The van der Waals surface area contributed by atoms with E-state index < -0.39 is 35.7 Å². The summed E-state index contributed by atoms with van der Waals surface area (Å²) in [7, 11) is 1.24. The molecular weight excluding hydrogens is 414 g/mol. The van der Waals surface area contributed by atoms with Gasteiger partial charge >= 0.3 is 12.1 Å². The van der Waals surface area contributed by atoms with Crippen molar-refractivity contribution in [1.29, 1.82) is 0 Å². The van der Waals surface area contributed by atoms with E-state index in [4.69, 9.17) is 9.47 Å². The molecule has 0 radical (unpaired) electrons. The molecule has 1 aromatic carbocycles. The highest BCUT2D eigenvalue weighted by atomic mass is 35.5. The number of methoxy groups -OCH3 is 1. The van der Waals surface area contributed by atoms with Crippen molar-refractivity contribution in [1.82, 2.24) is 15.5 Å². The molecule has 1 saturated heterocycles. The minimum atomic E-state index is -0.839. The molecule has 166 valence electrons. The maximum atomic E-state index is 12.6. The van der Waals surface area contributed by atoms with Gasteiger partial charge in [0.1, 0.15) is 18.2 Å². The van der Waals surface area contributed by atoms with Crippen molar-refractivity contribution >= 4 is 36.3 Å². The molecule has 0 aromatic heterocycles. The largest absolute Gasteiger partial charge is 0.467 e. The summed E-state index contributed by atoms with van der Waals surface area (Å²) in [4.78, 5) is 50.1. The van der Waals surface area contributed by atoms with Gasteiger partial charge in [-0.15, -0.1) is 12.4 Å². The molecule has 3 amide bonds. The molecule has 1 aliphatic rings. The number of rotatable bonds is 5. The minimum Gasteiger partial charge on any atom is -0.467 e. The zero-order valence-corrected chi connectivity index (χ0v) is 18.3. The number of likely N-dealkylation sites (tertiary alicyclic amines) is 1. The van der Waals surface area contributed by atoms with Crippen LogP contribution in [0.25, 0.3) is 0 Å². The zero-order valence-electron chi connectivity index (χ0n) is 17.5. The number of alkyl carbamates (subject to hydrolysis) is 1. The van der Waals surface area contributed by atoms with Crippen LogP contribution in [0.1, 0.15) is 37.6 Å². The van der Waals surface area contributed by atoms with E-state index in [-0.39, 0.29) is 37.8 Å². The average Bonchev–Trinajstić information content (AvgIpc) is 3.08. The van der Waals surface area contributed by atoms with Gasteiger partial charge in [-0.25, -0.2) is 9.59 Å². The molecular formula is C20H28ClN3O6. The van der Waals surface area contributed by atoms with E-state index in [0.29, 0.717) is 5.56 Å². The van der Waals surface area contributed by atoms with Gasteiger partial charge in [0.25, 0.3) is 5.91 Å². The number of carbonyl (C=O) groups is 4. The predicted molar refractivity (Wildman–Crippen MR) is 111 cm³/mol. The van der Waals surface area contributed by atoms with Gasteiger partial charge in [0, 0.05) is 24.6 Å². The average molecular weight is 442 g/mol. The summed E-state index contributed by atoms with van der Waals surface area (Å²) in [5.74, 6) is -1.34. The second-order valence-corrected chi connectivity index (χ2v) is 7.71. The van der Waals surface area contributed by atoms with Gasteiger partial charge in [-0.05, 0) is 32.9 Å². The van der Waals surface area contributed by atoms with Crippen LogP contribution in [0.4, 0.5) is 4.79 Å². The molecule has 1 heterocycles. The third-order valence-corrected chi connectivity index (χ3v) is 4.25. The number of esters is 1. The van der Waals surface area contributed by atoms with E-state index in [2.05, 4.69) is 10.6 Å². The van der Waals surface area contributed by atoms with Crippen molar-refractivity contribution in [2.24, 2.45) is 0 Å². The van der Waals surface area contributed by atoms with Crippen molar-refractivity contribution in [3.63, 3.8) is 0 Å². The lowest BCUT2D eigenvalue weighted by Gasteiger charge is -2.23. The van der Waals surface area contributed by atoms with Crippen molar-refractivity contribution in [2.45, 2.75) is 44.9 Å². The summed E-state index contributed by atoms with van der Waals surface area (Å²) < 4.78 is 9.89. The fraction of sp³-hybridized carbons (Fsp3) is 0.500. The smallest absolute Gasteiger partial charge is 0.408 e. The lowest BCUT2D eigenvalue weighted by atomic mass is 10.1. The topological polar surface area (TPSA) is 114 Å². The lowest BCUT2D eigenvalue weighted by molar-refractivity contribution is -0.150. The third-order valence-electron chi connectivity index (χ3n) is 4.25. The zero-order chi connectivity index (χ0) is 21.6. The second kappa shape index (κ2) is 10.8. The van der Waals surface area contributed by atoms with E-state index in [1.807, 2.05) is 0 Å². The van der Waals surface area contributed by atoms with Gasteiger partial charge in [0.05, 0.1) is 7.11 Å². The monoisotopic (exact) mass is 441 g/mol. The van der Waals surface area contributed by atoms with Crippen LogP contribution < -0.4 is 10.6 Å². The summed E-state index contributed by atoms with van der Waals surface area (Å²) in [6, 6.07) is 7.40. The Labute approximate surface area is 181 Å². The highest BCUT2D eigenvalue weighted by molar-refractivity contribution is 5.94. The van der Waals surface area contributed by atoms with Crippen LogP contribution in [0.15, 0.2) is 30.3 Å². The molecule has 0 aliphatic carbocycles. The Morgan fingerprint density at radius 2 is 1.77 bits per heavy atom. The minimum absolute atomic E-state index is 0. The number of benzene rings is 1. The number of hydrogen-bond donors (Lipinski definition) is 2. The molecule has 1 fully saturated rings. The maximum Gasteiger partial charge on any atom is 0.408 e. The van der Waals surface area contributed by atoms with Gasteiger partial charge in [0.15, 0.2) is 0 Å². The van der Waals surface area contributed by atoms with Crippen molar-refractivity contribution in [3.05, 3.63) is 35.9 Å². The van der Waals surface area contributed by atoms with Crippen LogP contribution in [0.5, 0.6) is 0 Å². The van der Waals surface area contributed by atoms with E-state index in [0.717, 1.165) is 0 Å². The number of carbonyl (C=O) groups excluding carboxylic acids is 4. The second-order valence-electron chi connectivity index (χ2n) is 7.71. The van der Waals surface area contributed by atoms with Gasteiger partial charge in [-0.3, -0.25) is 9.59 Å². The molecule has 30 heavy (non-hydrogen) atoms. The van der Waals surface area contributed by atoms with E-state index >= 15 is 0 Å². The first-order valence-corrected chi connectivity index (χ1v) is 9.31. The Morgan fingerprint density at radius 3 is 2.33 bits per heavy atom. The standard InChI is InChI=1S/C20H27N3O6.ClH/c1-20(2,3)29-19(27)21-11-16(24)23-12-14(10-15(23)18(26)28-4)22-17(25)13-8-6-5-7-9-13;/h5-9,14-15H,10-12H2,1-4H3,(H,21,27)(H,22,25);1H. The molecule has 0 saturated carbocycles. The third kappa shape index (κ3) is 7.22. The van der Waals surface area contributed by atoms with Gasteiger partial charge in [-0.2, -0.15) is 0 Å². The number of halogens is 1. The maximum absolute atomic E-state index is 12.6. The Balaban J connectivity index is 0.00000450. The Hall–Kier alpha value is -2.81. The molecule has 1 aromatic rings. The fourth-order valence-electron chi connectivity index (χ4n) is 3.00. The first kappa shape index (κ1) is 25.2. The normalized spacial score (nSPS) is 18.1. The van der Waals surface area contributed by atoms with Crippen molar-refractivity contribution < 1.29 is 28.7 Å². The first-order valence-electron chi connectivity index (χ1n) is 9.31. The number of nitrogens with zero attached hydrogens (tertiary/aromatic N) is 1. The molecule has 0 bridgehead atoms. The van der Waals surface area contributed by atoms with Gasteiger partial charge < -0.3 is 25.0 Å². The summed E-state index contributed by atoms with van der Waals surface area (Å²) >= 11 is 0. The SMILES string of the molecule is COC(=O)C1CC(NC(=O)c2ccccc2)CN1C(=O)CNC(=O)OC(C)(C)C.Cl. The van der Waals surface area contributed by atoms with Crippen molar-refractivity contribution in [2.75, 3.05) is 20.2 Å². The number of amides is 3. The van der Waals surface area contributed by atoms with Crippen LogP contribution in [0.2, 0.25) is 0 Å². The molecule has 9 nitrogen and oxygen atoms in total. The Kier molecular flexibility index (Phi) is 9.10. The molecule has 0 spiro atoms. The molecule has 10 heteroatoms. The van der Waals surface area contributed by atoms with Crippen LogP contribution in [0.3, 0.4) is 0 Å². The summed E-state index contributed by atoms with van der Waals surface area (Å²) in [5.41, 5.74) is -0.208. The quantitative estimate of drug-likeness (QED) is 0.669. The highest BCUT2D eigenvalue weighted by Crippen LogP contribution is 2.20. The van der Waals surface area contributed by atoms with Crippen LogP contribution >= 0.6 is 12.4 Å². The highest BCUT2D eigenvalue weighted by Gasteiger charge is 2.41. The fourth-order valence-corrected chi connectivity index (χ4v) is 3.00. The van der Waals surface area contributed by atoms with E-state index in [1.54, 1.807) is 51.1 Å². The van der Waals surface area contributed by atoms with Gasteiger partial charge in [-0.1, -0.05) is 18.2 Å².